The molecule has 1 aliphatic rings. The zero-order chi connectivity index (χ0) is 17.7. The highest BCUT2D eigenvalue weighted by Gasteiger charge is 2.26. The van der Waals surface area contributed by atoms with Gasteiger partial charge in [0.05, 0.1) is 17.8 Å². The minimum atomic E-state index is -2.75. The fourth-order valence-corrected chi connectivity index (χ4v) is 3.97. The first-order chi connectivity index (χ1) is 11.9. The van der Waals surface area contributed by atoms with Gasteiger partial charge in [-0.1, -0.05) is 0 Å². The van der Waals surface area contributed by atoms with Crippen molar-refractivity contribution in [2.24, 2.45) is 0 Å². The normalized spacial score (nSPS) is 14.3. The number of fused-ring (bicyclic) bond motifs is 2. The number of thiazole rings is 1. The number of carbonyl (C=O) groups is 1. The van der Waals surface area contributed by atoms with Gasteiger partial charge in [-0.2, -0.15) is 0 Å². The van der Waals surface area contributed by atoms with Gasteiger partial charge in [-0.15, -0.1) is 11.3 Å². The summed E-state index contributed by atoms with van der Waals surface area (Å²) >= 11 is 1.32. The van der Waals surface area contributed by atoms with Crippen LogP contribution in [0.15, 0.2) is 18.2 Å². The fraction of sp³-hybridized carbons (Fsp3) is 0.250. The van der Waals surface area contributed by atoms with Gasteiger partial charge < -0.3 is 15.6 Å². The van der Waals surface area contributed by atoms with E-state index in [0.717, 1.165) is 22.7 Å². The molecule has 1 amide bonds. The highest BCUT2D eigenvalue weighted by molar-refractivity contribution is 7.15. The third-order valence-electron chi connectivity index (χ3n) is 4.28. The van der Waals surface area contributed by atoms with Crippen LogP contribution in [0.4, 0.5) is 18.3 Å². The fourth-order valence-electron chi connectivity index (χ4n) is 3.07. The number of anilines is 1. The van der Waals surface area contributed by atoms with E-state index in [1.165, 1.54) is 17.4 Å². The molecule has 2 aromatic heterocycles. The van der Waals surface area contributed by atoms with Gasteiger partial charge in [0.2, 0.25) is 0 Å². The molecule has 4 rings (SSSR count). The third-order valence-corrected chi connectivity index (χ3v) is 5.19. The molecule has 5 nitrogen and oxygen atoms in total. The van der Waals surface area contributed by atoms with Crippen molar-refractivity contribution in [2.45, 2.75) is 19.4 Å². The topological polar surface area (TPSA) is 75.0 Å². The number of benzene rings is 1. The van der Waals surface area contributed by atoms with Crippen LogP contribution in [-0.4, -0.2) is 27.3 Å². The second-order valence-electron chi connectivity index (χ2n) is 5.81. The summed E-state index contributed by atoms with van der Waals surface area (Å²) in [6.07, 6.45) is -2.18. The largest absolute Gasteiger partial charge is 0.375 e. The third kappa shape index (κ3) is 2.64. The highest BCUT2D eigenvalue weighted by Crippen LogP contribution is 2.31. The first-order valence-corrected chi connectivity index (χ1v) is 8.38. The number of carbonyl (C=O) groups excluding carboxylic acids is 1. The number of nitrogens with two attached hydrogens (primary N) is 1. The minimum absolute atomic E-state index is 0.0260. The number of amides is 1. The molecule has 0 unspecified atom stereocenters. The van der Waals surface area contributed by atoms with Gasteiger partial charge in [0.15, 0.2) is 5.13 Å². The second-order valence-corrected chi connectivity index (χ2v) is 6.92. The molecule has 130 valence electrons. The number of rotatable bonds is 2. The van der Waals surface area contributed by atoms with Crippen LogP contribution in [0.2, 0.25) is 0 Å². The van der Waals surface area contributed by atoms with E-state index >= 15 is 0 Å². The molecule has 0 saturated carbocycles. The first-order valence-electron chi connectivity index (χ1n) is 7.56. The average molecular weight is 366 g/mol. The molecule has 1 aliphatic heterocycles. The Morgan fingerprint density at radius 3 is 2.96 bits per heavy atom. The van der Waals surface area contributed by atoms with Gasteiger partial charge in [0.25, 0.3) is 12.3 Å². The number of H-pyrrole nitrogens is 1. The lowest BCUT2D eigenvalue weighted by molar-refractivity contribution is 0.0731. The summed E-state index contributed by atoms with van der Waals surface area (Å²) in [6.45, 7) is 0.789. The van der Waals surface area contributed by atoms with Crippen molar-refractivity contribution in [1.82, 2.24) is 14.9 Å². The van der Waals surface area contributed by atoms with Crippen molar-refractivity contribution in [3.63, 3.8) is 0 Å². The Hall–Kier alpha value is -2.55. The van der Waals surface area contributed by atoms with Crippen LogP contribution < -0.4 is 5.73 Å². The number of nitrogens with one attached hydrogen (secondary N) is 1. The second kappa shape index (κ2) is 5.76. The van der Waals surface area contributed by atoms with Crippen LogP contribution in [0.3, 0.4) is 0 Å². The monoisotopic (exact) mass is 366 g/mol. The molecule has 9 heteroatoms. The Morgan fingerprint density at radius 1 is 1.40 bits per heavy atom. The molecule has 3 N–H and O–H groups in total. The molecule has 0 bridgehead atoms. The molecule has 3 heterocycles. The quantitative estimate of drug-likeness (QED) is 0.729. The Kier molecular flexibility index (Phi) is 3.68. The van der Waals surface area contributed by atoms with Gasteiger partial charge in [-0.3, -0.25) is 4.79 Å². The van der Waals surface area contributed by atoms with Crippen molar-refractivity contribution < 1.29 is 18.0 Å². The smallest absolute Gasteiger partial charge is 0.270 e. The van der Waals surface area contributed by atoms with E-state index in [2.05, 4.69) is 9.97 Å². The molecule has 0 spiro atoms. The maximum atomic E-state index is 13.9. The number of hydrogen-bond acceptors (Lipinski definition) is 4. The molecule has 0 saturated heterocycles. The predicted octanol–water partition coefficient (Wildman–Crippen LogP) is 3.48. The standard InChI is InChI=1S/C16H13F3N4OS/c17-9-2-1-7(14(18)19)8-5-11(21-13(8)9)15(24)23-4-3-10-12(6-23)25-16(20)22-10/h1-2,5,14,21H,3-4,6H2,(H2,20,22). The van der Waals surface area contributed by atoms with Crippen molar-refractivity contribution in [1.29, 1.82) is 0 Å². The van der Waals surface area contributed by atoms with E-state index in [9.17, 15) is 18.0 Å². The van der Waals surface area contributed by atoms with Gasteiger partial charge >= 0.3 is 0 Å². The summed E-state index contributed by atoms with van der Waals surface area (Å²) in [5.41, 5.74) is 6.27. The van der Waals surface area contributed by atoms with Crippen molar-refractivity contribution >= 4 is 33.3 Å². The molecule has 3 aromatic rings. The van der Waals surface area contributed by atoms with E-state index < -0.39 is 12.2 Å². The summed E-state index contributed by atoms with van der Waals surface area (Å²) in [7, 11) is 0. The summed E-state index contributed by atoms with van der Waals surface area (Å²) in [5.74, 6) is -1.04. The Balaban J connectivity index is 1.69. The number of nitrogen functional groups attached to an aromatic ring is 1. The Morgan fingerprint density at radius 2 is 2.20 bits per heavy atom. The molecular formula is C16H13F3N4OS. The van der Waals surface area contributed by atoms with E-state index in [1.54, 1.807) is 4.90 Å². The highest BCUT2D eigenvalue weighted by atomic mass is 32.1. The Labute approximate surface area is 144 Å². The Bertz CT molecular complexity index is 981. The van der Waals surface area contributed by atoms with Crippen LogP contribution >= 0.6 is 11.3 Å². The van der Waals surface area contributed by atoms with Crippen LogP contribution in [-0.2, 0) is 13.0 Å². The number of alkyl halides is 2. The number of hydrogen-bond donors (Lipinski definition) is 2. The summed E-state index contributed by atoms with van der Waals surface area (Å²) in [4.78, 5) is 22.1. The van der Waals surface area contributed by atoms with Crippen molar-refractivity contribution in [3.8, 4) is 0 Å². The SMILES string of the molecule is Nc1nc2c(s1)CN(C(=O)c1cc3c(C(F)F)ccc(F)c3[nH]1)CC2. The van der Waals surface area contributed by atoms with Crippen LogP contribution in [0.25, 0.3) is 10.9 Å². The van der Waals surface area contributed by atoms with E-state index in [0.29, 0.717) is 24.6 Å². The van der Waals surface area contributed by atoms with Gasteiger partial charge in [-0.25, -0.2) is 18.2 Å². The summed E-state index contributed by atoms with van der Waals surface area (Å²) in [5, 5.41) is 0.478. The predicted molar refractivity (Wildman–Crippen MR) is 88.2 cm³/mol. The van der Waals surface area contributed by atoms with Crippen LogP contribution in [0.1, 0.15) is 33.0 Å². The molecular weight excluding hydrogens is 353 g/mol. The van der Waals surface area contributed by atoms with E-state index in [1.807, 2.05) is 0 Å². The number of halogens is 3. The number of nitrogens with zero attached hydrogens (tertiary/aromatic N) is 2. The van der Waals surface area contributed by atoms with Crippen LogP contribution in [0, 0.1) is 5.82 Å². The van der Waals surface area contributed by atoms with Gasteiger partial charge in [0.1, 0.15) is 11.5 Å². The molecule has 0 atom stereocenters. The maximum absolute atomic E-state index is 13.9. The summed E-state index contributed by atoms with van der Waals surface area (Å²) < 4.78 is 40.2. The lowest BCUT2D eigenvalue weighted by Gasteiger charge is -2.25. The zero-order valence-electron chi connectivity index (χ0n) is 12.9. The van der Waals surface area contributed by atoms with Crippen LogP contribution in [0.5, 0.6) is 0 Å². The number of aromatic amines is 1. The zero-order valence-corrected chi connectivity index (χ0v) is 13.7. The molecule has 0 aliphatic carbocycles. The average Bonchev–Trinajstić information content (AvgIpc) is 3.16. The molecule has 0 fully saturated rings. The van der Waals surface area contributed by atoms with E-state index in [4.69, 9.17) is 5.73 Å². The van der Waals surface area contributed by atoms with Gasteiger partial charge in [0, 0.05) is 28.8 Å². The maximum Gasteiger partial charge on any atom is 0.270 e. The molecule has 1 aromatic carbocycles. The lowest BCUT2D eigenvalue weighted by atomic mass is 10.1. The minimum Gasteiger partial charge on any atom is -0.375 e. The molecule has 25 heavy (non-hydrogen) atoms. The van der Waals surface area contributed by atoms with Gasteiger partial charge in [-0.05, 0) is 18.2 Å². The van der Waals surface area contributed by atoms with Crippen molar-refractivity contribution in [3.05, 3.63) is 45.8 Å². The first kappa shape index (κ1) is 15.9. The number of aromatic nitrogens is 2. The lowest BCUT2D eigenvalue weighted by Crippen LogP contribution is -2.35. The van der Waals surface area contributed by atoms with Crippen molar-refractivity contribution in [2.75, 3.05) is 12.3 Å². The summed E-state index contributed by atoms with van der Waals surface area (Å²) in [6, 6.07) is 3.30. The van der Waals surface area contributed by atoms with E-state index in [-0.39, 0.29) is 28.1 Å². The molecule has 0 radical (unpaired) electrons.